The van der Waals surface area contributed by atoms with E-state index in [-0.39, 0.29) is 24.9 Å². The van der Waals surface area contributed by atoms with Crippen molar-refractivity contribution < 1.29 is 23.8 Å². The Hall–Kier alpha value is -3.83. The van der Waals surface area contributed by atoms with E-state index in [4.69, 9.17) is 35.3 Å². The van der Waals surface area contributed by atoms with Crippen LogP contribution < -0.4 is 4.74 Å². The predicted molar refractivity (Wildman–Crippen MR) is 145 cm³/mol. The lowest BCUT2D eigenvalue weighted by molar-refractivity contribution is 0.00706. The smallest absolute Gasteiger partial charge is 0.296 e. The van der Waals surface area contributed by atoms with E-state index < -0.39 is 6.10 Å². The lowest BCUT2D eigenvalue weighted by Crippen LogP contribution is -2.34. The molecule has 2 aromatic carbocycles. The number of nitrogens with zero attached hydrogens (tertiary/aromatic N) is 4. The fourth-order valence-corrected chi connectivity index (χ4v) is 5.58. The molecule has 4 atom stereocenters. The highest BCUT2D eigenvalue weighted by atomic mass is 35.5. The standard InChI is InChI=1S/C29H24ClN5O5/c30-19-11-20-27(34-29(31-20)39-22-13-38-24-21(36)12-37-25(22)24)32-23(19)16-5-1-14(2-6-16)15-3-7-17(8-4-15)26-33-28(40-35-26)18-9-10-18/h1-8,11,18,21-22,24-25,36H,9-10,12-13H2,(H,31,32,34). The van der Waals surface area contributed by atoms with Crippen LogP contribution in [0.1, 0.15) is 24.7 Å². The number of benzene rings is 2. The monoisotopic (exact) mass is 557 g/mol. The number of pyridine rings is 1. The molecule has 4 unspecified atom stereocenters. The minimum absolute atomic E-state index is 0.237. The molecular weight excluding hydrogens is 534 g/mol. The van der Waals surface area contributed by atoms with Gasteiger partial charge in [0.05, 0.1) is 29.4 Å². The molecule has 0 amide bonds. The Morgan fingerprint density at radius 3 is 2.30 bits per heavy atom. The van der Waals surface area contributed by atoms with E-state index in [0.717, 1.165) is 41.0 Å². The summed E-state index contributed by atoms with van der Waals surface area (Å²) in [6.07, 6.45) is 0.541. The number of imidazole rings is 1. The van der Waals surface area contributed by atoms with E-state index in [1.54, 1.807) is 6.07 Å². The van der Waals surface area contributed by atoms with Gasteiger partial charge in [0.25, 0.3) is 6.01 Å². The van der Waals surface area contributed by atoms with Gasteiger partial charge in [-0.2, -0.15) is 9.97 Å². The summed E-state index contributed by atoms with van der Waals surface area (Å²) in [6.45, 7) is 0.553. The van der Waals surface area contributed by atoms with E-state index in [9.17, 15) is 5.11 Å². The van der Waals surface area contributed by atoms with Crippen molar-refractivity contribution in [2.24, 2.45) is 0 Å². The third-order valence-corrected chi connectivity index (χ3v) is 7.94. The fourth-order valence-electron chi connectivity index (χ4n) is 5.32. The van der Waals surface area contributed by atoms with Crippen LogP contribution in [0.3, 0.4) is 0 Å². The Morgan fingerprint density at radius 1 is 0.850 bits per heavy atom. The Morgan fingerprint density at radius 2 is 1.55 bits per heavy atom. The highest BCUT2D eigenvalue weighted by Crippen LogP contribution is 2.39. The second-order valence-electron chi connectivity index (χ2n) is 10.4. The molecule has 10 nitrogen and oxygen atoms in total. The number of rotatable bonds is 6. The first kappa shape index (κ1) is 24.0. The van der Waals surface area contributed by atoms with Crippen LogP contribution in [0.5, 0.6) is 6.01 Å². The van der Waals surface area contributed by atoms with E-state index in [1.807, 2.05) is 36.4 Å². The number of halogens is 1. The van der Waals surface area contributed by atoms with Crippen LogP contribution in [-0.2, 0) is 9.47 Å². The van der Waals surface area contributed by atoms with Crippen molar-refractivity contribution in [2.75, 3.05) is 13.2 Å². The molecular formula is C29H24ClN5O5. The number of hydrogen-bond donors (Lipinski definition) is 2. The van der Waals surface area contributed by atoms with E-state index in [1.165, 1.54) is 0 Å². The lowest BCUT2D eigenvalue weighted by Gasteiger charge is -2.15. The summed E-state index contributed by atoms with van der Waals surface area (Å²) in [5.41, 5.74) is 5.71. The van der Waals surface area contributed by atoms with E-state index in [2.05, 4.69) is 32.2 Å². The van der Waals surface area contributed by atoms with Crippen LogP contribution in [0.25, 0.3) is 44.9 Å². The maximum Gasteiger partial charge on any atom is 0.296 e. The predicted octanol–water partition coefficient (Wildman–Crippen LogP) is 4.78. The highest BCUT2D eigenvalue weighted by molar-refractivity contribution is 6.33. The molecule has 2 N–H and O–H groups in total. The first-order chi connectivity index (χ1) is 19.6. The minimum Gasteiger partial charge on any atom is -0.456 e. The zero-order valence-electron chi connectivity index (χ0n) is 21.2. The van der Waals surface area contributed by atoms with Gasteiger partial charge in [-0.25, -0.2) is 4.98 Å². The second kappa shape index (κ2) is 9.38. The molecule has 3 aliphatic rings. The lowest BCUT2D eigenvalue weighted by atomic mass is 10.0. The summed E-state index contributed by atoms with van der Waals surface area (Å²) in [5, 5.41) is 14.6. The molecule has 8 rings (SSSR count). The summed E-state index contributed by atoms with van der Waals surface area (Å²) in [6, 6.07) is 18.3. The molecule has 0 radical (unpaired) electrons. The van der Waals surface area contributed by atoms with Crippen LogP contribution in [-0.4, -0.2) is 67.8 Å². The minimum atomic E-state index is -0.639. The quantitative estimate of drug-likeness (QED) is 0.303. The van der Waals surface area contributed by atoms with Crippen molar-refractivity contribution >= 4 is 22.8 Å². The maximum atomic E-state index is 9.96. The van der Waals surface area contributed by atoms with Gasteiger partial charge >= 0.3 is 0 Å². The number of fused-ring (bicyclic) bond motifs is 2. The number of aromatic amines is 1. The number of H-pyrrole nitrogens is 1. The summed E-state index contributed by atoms with van der Waals surface area (Å²) in [7, 11) is 0. The molecule has 2 aliphatic heterocycles. The Labute approximate surface area is 233 Å². The summed E-state index contributed by atoms with van der Waals surface area (Å²) in [4.78, 5) is 16.9. The van der Waals surface area contributed by atoms with Crippen LogP contribution in [0, 0.1) is 0 Å². The van der Waals surface area contributed by atoms with E-state index in [0.29, 0.717) is 46.2 Å². The zero-order chi connectivity index (χ0) is 26.8. The number of nitrogens with one attached hydrogen (secondary N) is 1. The average Bonchev–Trinajstić information content (AvgIpc) is 3.28. The van der Waals surface area contributed by atoms with Crippen molar-refractivity contribution in [3.8, 4) is 39.8 Å². The second-order valence-corrected chi connectivity index (χ2v) is 10.8. The number of hydrogen-bond acceptors (Lipinski definition) is 9. The molecule has 0 spiro atoms. The van der Waals surface area contributed by atoms with Crippen molar-refractivity contribution in [1.29, 1.82) is 0 Å². The van der Waals surface area contributed by atoms with Crippen LogP contribution in [0.15, 0.2) is 59.1 Å². The van der Waals surface area contributed by atoms with Crippen molar-refractivity contribution in [1.82, 2.24) is 25.1 Å². The van der Waals surface area contributed by atoms with Gasteiger partial charge in [-0.1, -0.05) is 65.3 Å². The van der Waals surface area contributed by atoms with Gasteiger partial charge in [-0.15, -0.1) is 0 Å². The molecule has 1 saturated carbocycles. The molecule has 40 heavy (non-hydrogen) atoms. The summed E-state index contributed by atoms with van der Waals surface area (Å²) in [5.74, 6) is 1.79. The van der Waals surface area contributed by atoms with Gasteiger partial charge in [-0.3, -0.25) is 0 Å². The van der Waals surface area contributed by atoms with Crippen LogP contribution in [0.4, 0.5) is 0 Å². The van der Waals surface area contributed by atoms with Crippen LogP contribution in [0.2, 0.25) is 5.02 Å². The number of aromatic nitrogens is 5. The number of aliphatic hydroxyl groups is 1. The molecule has 11 heteroatoms. The van der Waals surface area contributed by atoms with Crippen molar-refractivity contribution in [2.45, 2.75) is 43.2 Å². The Balaban J connectivity index is 1.00. The van der Waals surface area contributed by atoms with E-state index >= 15 is 0 Å². The molecule has 0 bridgehead atoms. The topological polar surface area (TPSA) is 128 Å². The van der Waals surface area contributed by atoms with Gasteiger partial charge in [0, 0.05) is 17.0 Å². The van der Waals surface area contributed by atoms with Gasteiger partial charge in [0.1, 0.15) is 18.3 Å². The van der Waals surface area contributed by atoms with Gasteiger partial charge in [0.2, 0.25) is 11.7 Å². The molecule has 5 aromatic rings. The molecule has 5 heterocycles. The van der Waals surface area contributed by atoms with Crippen molar-refractivity contribution in [3.63, 3.8) is 0 Å². The molecule has 3 aromatic heterocycles. The summed E-state index contributed by atoms with van der Waals surface area (Å²) >= 11 is 6.63. The molecule has 1 aliphatic carbocycles. The summed E-state index contributed by atoms with van der Waals surface area (Å²) < 4.78 is 22.7. The molecule has 202 valence electrons. The third kappa shape index (κ3) is 4.24. The normalized spacial score (nSPS) is 24.1. The number of aliphatic hydroxyl groups excluding tert-OH is 1. The average molecular weight is 558 g/mol. The highest BCUT2D eigenvalue weighted by Gasteiger charge is 2.48. The fraction of sp³-hybridized carbons (Fsp3) is 0.310. The Bertz CT molecular complexity index is 1700. The van der Waals surface area contributed by atoms with Gasteiger partial charge in [0.15, 0.2) is 11.8 Å². The third-order valence-electron chi connectivity index (χ3n) is 7.65. The SMILES string of the molecule is OC1COC2C(Oc3nc4nc(-c5ccc(-c6ccc(-c7noc(C8CC8)n7)cc6)cc5)c(Cl)cc4[nH]3)COC12. The molecule has 2 saturated heterocycles. The van der Waals surface area contributed by atoms with Crippen LogP contribution >= 0.6 is 11.6 Å². The first-order valence-electron chi connectivity index (χ1n) is 13.3. The number of ether oxygens (including phenoxy) is 3. The largest absolute Gasteiger partial charge is 0.456 e. The maximum absolute atomic E-state index is 9.96. The molecule has 3 fully saturated rings. The Kier molecular flexibility index (Phi) is 5.63. The van der Waals surface area contributed by atoms with Crippen molar-refractivity contribution in [3.05, 3.63) is 65.5 Å². The van der Waals surface area contributed by atoms with Gasteiger partial charge in [-0.05, 0) is 30.0 Å². The van der Waals surface area contributed by atoms with Gasteiger partial charge < -0.3 is 28.8 Å². The zero-order valence-corrected chi connectivity index (χ0v) is 21.9. The first-order valence-corrected chi connectivity index (χ1v) is 13.7.